The maximum Gasteiger partial charge on any atom is 0.253 e. The fourth-order valence-electron chi connectivity index (χ4n) is 5.47. The van der Waals surface area contributed by atoms with Crippen LogP contribution in [0.25, 0.3) is 11.0 Å². The predicted octanol–water partition coefficient (Wildman–Crippen LogP) is 3.16. The Morgan fingerprint density at radius 2 is 1.76 bits per heavy atom. The van der Waals surface area contributed by atoms with Crippen molar-refractivity contribution in [2.24, 2.45) is 0 Å². The van der Waals surface area contributed by atoms with E-state index in [1.165, 1.54) is 0 Å². The van der Waals surface area contributed by atoms with Crippen molar-refractivity contribution in [3.8, 4) is 5.75 Å². The van der Waals surface area contributed by atoms with Gasteiger partial charge in [-0.3, -0.25) is 9.59 Å². The Balaban J connectivity index is 0.00000480. The Labute approximate surface area is 276 Å². The maximum atomic E-state index is 13.4. The number of benzene rings is 2. The average Bonchev–Trinajstić information content (AvgIpc) is 3.47. The van der Waals surface area contributed by atoms with Crippen LogP contribution in [0, 0.1) is 0 Å². The molecule has 246 valence electrons. The molecule has 0 unspecified atom stereocenters. The van der Waals surface area contributed by atoms with Crippen LogP contribution < -0.4 is 19.9 Å². The number of nitrogens with one attached hydrogen (secondary N) is 1. The number of hydrogen-bond donors (Lipinski definition) is 1. The number of hydrogen-bond acceptors (Lipinski definition) is 9. The highest BCUT2D eigenvalue weighted by Crippen LogP contribution is 2.25. The van der Waals surface area contributed by atoms with Crippen molar-refractivity contribution in [1.29, 1.82) is 0 Å². The number of aromatic nitrogens is 4. The standard InChI is InChI=1S/C33H43N9O3.ClH/c1-5-45-28-8-6-7-25(21-28)23-42-32-29(22-37-42)31(35-24-36-32)39-16-18-40(19-17-39)33(44)26-9-11-27(12-10-26)41(20-15-38(3)4)30(43)13-14-34-2;/h6-12,21-22,24,34H,5,13-20,23H2,1-4H3;1H. The lowest BCUT2D eigenvalue weighted by Crippen LogP contribution is -2.49. The van der Waals surface area contributed by atoms with E-state index in [0.29, 0.717) is 64.4 Å². The van der Waals surface area contributed by atoms with Gasteiger partial charge in [0, 0.05) is 63.5 Å². The first-order valence-electron chi connectivity index (χ1n) is 15.5. The smallest absolute Gasteiger partial charge is 0.253 e. The lowest BCUT2D eigenvalue weighted by Gasteiger charge is -2.35. The highest BCUT2D eigenvalue weighted by Gasteiger charge is 2.25. The molecule has 0 aliphatic carbocycles. The van der Waals surface area contributed by atoms with Gasteiger partial charge in [-0.1, -0.05) is 12.1 Å². The number of fused-ring (bicyclic) bond motifs is 1. The van der Waals surface area contributed by atoms with Gasteiger partial charge < -0.3 is 29.7 Å². The molecule has 1 fully saturated rings. The summed E-state index contributed by atoms with van der Waals surface area (Å²) in [5.41, 5.74) is 3.26. The number of nitrogens with zero attached hydrogens (tertiary/aromatic N) is 8. The number of anilines is 2. The van der Waals surface area contributed by atoms with Crippen LogP contribution in [0.15, 0.2) is 61.1 Å². The first kappa shape index (κ1) is 34.6. The van der Waals surface area contributed by atoms with Gasteiger partial charge in [-0.05, 0) is 70.0 Å². The Hall–Kier alpha value is -4.26. The largest absolute Gasteiger partial charge is 0.494 e. The third-order valence-electron chi connectivity index (χ3n) is 7.91. The highest BCUT2D eigenvalue weighted by molar-refractivity contribution is 5.97. The first-order valence-corrected chi connectivity index (χ1v) is 15.5. The Morgan fingerprint density at radius 3 is 2.46 bits per heavy atom. The summed E-state index contributed by atoms with van der Waals surface area (Å²) in [5.74, 6) is 1.70. The minimum Gasteiger partial charge on any atom is -0.494 e. The predicted molar refractivity (Wildman–Crippen MR) is 183 cm³/mol. The van der Waals surface area contributed by atoms with Crippen molar-refractivity contribution in [3.63, 3.8) is 0 Å². The molecule has 3 heterocycles. The fraction of sp³-hybridized carbons (Fsp3) is 0.424. The van der Waals surface area contributed by atoms with E-state index in [1.807, 2.05) is 92.4 Å². The molecule has 2 amide bonds. The molecule has 1 aliphatic rings. The summed E-state index contributed by atoms with van der Waals surface area (Å²) < 4.78 is 7.53. The number of carbonyl (C=O) groups is 2. The van der Waals surface area contributed by atoms with Crippen molar-refractivity contribution in [3.05, 3.63) is 72.2 Å². The van der Waals surface area contributed by atoms with Gasteiger partial charge in [-0.2, -0.15) is 5.10 Å². The van der Waals surface area contributed by atoms with Crippen LogP contribution in [0.5, 0.6) is 5.75 Å². The number of halogens is 1. The lowest BCUT2D eigenvalue weighted by molar-refractivity contribution is -0.118. The number of likely N-dealkylation sites (N-methyl/N-ethyl adjacent to an activating group) is 1. The Bertz CT molecular complexity index is 1590. The van der Waals surface area contributed by atoms with Crippen LogP contribution in [-0.2, 0) is 11.3 Å². The molecule has 12 nitrogen and oxygen atoms in total. The molecule has 2 aromatic carbocycles. The van der Waals surface area contributed by atoms with Gasteiger partial charge in [0.25, 0.3) is 5.91 Å². The quantitative estimate of drug-likeness (QED) is 0.233. The monoisotopic (exact) mass is 649 g/mol. The zero-order valence-electron chi connectivity index (χ0n) is 27.1. The molecule has 1 aliphatic heterocycles. The van der Waals surface area contributed by atoms with E-state index < -0.39 is 0 Å². The lowest BCUT2D eigenvalue weighted by atomic mass is 10.1. The molecule has 46 heavy (non-hydrogen) atoms. The second-order valence-electron chi connectivity index (χ2n) is 11.3. The highest BCUT2D eigenvalue weighted by atomic mass is 35.5. The van der Waals surface area contributed by atoms with Gasteiger partial charge >= 0.3 is 0 Å². The van der Waals surface area contributed by atoms with Gasteiger partial charge in [0.1, 0.15) is 17.9 Å². The second kappa shape index (κ2) is 16.3. The van der Waals surface area contributed by atoms with Crippen LogP contribution in [0.3, 0.4) is 0 Å². The molecule has 13 heteroatoms. The molecule has 0 radical (unpaired) electrons. The van der Waals surface area contributed by atoms with Gasteiger partial charge in [-0.25, -0.2) is 14.6 Å². The van der Waals surface area contributed by atoms with E-state index in [0.717, 1.165) is 40.4 Å². The van der Waals surface area contributed by atoms with Crippen LogP contribution in [0.2, 0.25) is 0 Å². The van der Waals surface area contributed by atoms with Crippen molar-refractivity contribution >= 4 is 46.8 Å². The first-order chi connectivity index (χ1) is 21.9. The summed E-state index contributed by atoms with van der Waals surface area (Å²) in [7, 11) is 5.82. The molecule has 0 bridgehead atoms. The number of ether oxygens (including phenoxy) is 1. The number of carbonyl (C=O) groups excluding carboxylic acids is 2. The van der Waals surface area contributed by atoms with E-state index in [1.54, 1.807) is 11.2 Å². The molecular formula is C33H44ClN9O3. The summed E-state index contributed by atoms with van der Waals surface area (Å²) in [6, 6.07) is 15.4. The number of rotatable bonds is 13. The second-order valence-corrected chi connectivity index (χ2v) is 11.3. The van der Waals surface area contributed by atoms with Crippen molar-refractivity contribution in [1.82, 2.24) is 34.9 Å². The summed E-state index contributed by atoms with van der Waals surface area (Å²) in [5, 5.41) is 8.55. The average molecular weight is 650 g/mol. The van der Waals surface area contributed by atoms with Gasteiger partial charge in [0.05, 0.1) is 24.7 Å². The number of piperazine rings is 1. The van der Waals surface area contributed by atoms with Crippen molar-refractivity contribution in [2.45, 2.75) is 19.9 Å². The van der Waals surface area contributed by atoms with Crippen LogP contribution in [0.4, 0.5) is 11.5 Å². The Kier molecular flexibility index (Phi) is 12.3. The SMILES string of the molecule is CCOc1cccc(Cn2ncc3c(N4CCN(C(=O)c5ccc(N(CCN(C)C)C(=O)CCNC)cc5)CC4)ncnc32)c1.Cl. The van der Waals surface area contributed by atoms with Gasteiger partial charge in [0.15, 0.2) is 5.65 Å². The van der Waals surface area contributed by atoms with E-state index in [2.05, 4.69) is 30.2 Å². The van der Waals surface area contributed by atoms with Gasteiger partial charge in [-0.15, -0.1) is 12.4 Å². The molecular weight excluding hydrogens is 606 g/mol. The molecule has 1 N–H and O–H groups in total. The van der Waals surface area contributed by atoms with Crippen molar-refractivity contribution in [2.75, 3.05) is 83.4 Å². The van der Waals surface area contributed by atoms with Crippen LogP contribution in [0.1, 0.15) is 29.3 Å². The van der Waals surface area contributed by atoms with E-state index in [4.69, 9.17) is 4.74 Å². The zero-order valence-corrected chi connectivity index (χ0v) is 27.9. The molecule has 0 saturated carbocycles. The van der Waals surface area contributed by atoms with Crippen molar-refractivity contribution < 1.29 is 14.3 Å². The van der Waals surface area contributed by atoms with Crippen LogP contribution in [-0.4, -0.2) is 115 Å². The number of amides is 2. The molecule has 0 spiro atoms. The van der Waals surface area contributed by atoms with E-state index >= 15 is 0 Å². The topological polar surface area (TPSA) is 112 Å². The minimum absolute atomic E-state index is 0. The Morgan fingerprint density at radius 1 is 1.00 bits per heavy atom. The summed E-state index contributed by atoms with van der Waals surface area (Å²) in [6.07, 6.45) is 3.81. The van der Waals surface area contributed by atoms with E-state index in [-0.39, 0.29) is 24.2 Å². The molecule has 1 saturated heterocycles. The minimum atomic E-state index is -0.0162. The summed E-state index contributed by atoms with van der Waals surface area (Å²) >= 11 is 0. The van der Waals surface area contributed by atoms with E-state index in [9.17, 15) is 9.59 Å². The normalized spacial score (nSPS) is 13.2. The fourth-order valence-corrected chi connectivity index (χ4v) is 5.47. The molecule has 5 rings (SSSR count). The zero-order chi connectivity index (χ0) is 31.8. The molecule has 4 aromatic rings. The van der Waals surface area contributed by atoms with Gasteiger partial charge in [0.2, 0.25) is 5.91 Å². The molecule has 2 aromatic heterocycles. The third kappa shape index (κ3) is 8.31. The maximum absolute atomic E-state index is 13.4. The summed E-state index contributed by atoms with van der Waals surface area (Å²) in [6.45, 7) is 7.55. The third-order valence-corrected chi connectivity index (χ3v) is 7.91. The van der Waals surface area contributed by atoms with Crippen LogP contribution >= 0.6 is 12.4 Å². The molecule has 0 atom stereocenters. The summed E-state index contributed by atoms with van der Waals surface area (Å²) in [4.78, 5) is 43.4.